The zero-order valence-corrected chi connectivity index (χ0v) is 11.2. The third-order valence-electron chi connectivity index (χ3n) is 4.52. The minimum atomic E-state index is -0.614. The fourth-order valence-corrected chi connectivity index (χ4v) is 3.65. The zero-order chi connectivity index (χ0) is 13.9. The van der Waals surface area contributed by atoms with Crippen LogP contribution in [0, 0.1) is 5.92 Å². The van der Waals surface area contributed by atoms with Gasteiger partial charge in [-0.3, -0.25) is 4.79 Å². The molecule has 0 radical (unpaired) electrons. The Kier molecular flexibility index (Phi) is 2.33. The second kappa shape index (κ2) is 3.88. The molecule has 2 bridgehead atoms. The van der Waals surface area contributed by atoms with Gasteiger partial charge < -0.3 is 19.3 Å². The summed E-state index contributed by atoms with van der Waals surface area (Å²) in [4.78, 5) is 11.5. The van der Waals surface area contributed by atoms with Gasteiger partial charge in [-0.15, -0.1) is 0 Å². The van der Waals surface area contributed by atoms with E-state index in [1.165, 1.54) is 0 Å². The van der Waals surface area contributed by atoms with Gasteiger partial charge in [0.1, 0.15) is 17.6 Å². The standard InChI is InChI=1S/C15H16O5/c1-8-5-12(17)19-14(8)15-6-11(18-7-15)13-9(16)3-2-4-10(13)20-15/h2-4,8,11,14,16H,5-7H2,1H3. The maximum atomic E-state index is 11.5. The summed E-state index contributed by atoms with van der Waals surface area (Å²) in [5.74, 6) is 0.766. The zero-order valence-electron chi connectivity index (χ0n) is 11.2. The maximum Gasteiger partial charge on any atom is 0.306 e. The van der Waals surface area contributed by atoms with E-state index in [1.807, 2.05) is 13.0 Å². The van der Waals surface area contributed by atoms with Crippen molar-refractivity contribution in [3.63, 3.8) is 0 Å². The number of carbonyl (C=O) groups excluding carboxylic acids is 1. The molecular weight excluding hydrogens is 260 g/mol. The normalized spacial score (nSPS) is 38.2. The summed E-state index contributed by atoms with van der Waals surface area (Å²) in [7, 11) is 0. The van der Waals surface area contributed by atoms with Crippen LogP contribution in [0.3, 0.4) is 0 Å². The van der Waals surface area contributed by atoms with Crippen LogP contribution in [0.2, 0.25) is 0 Å². The fourth-order valence-electron chi connectivity index (χ4n) is 3.65. The summed E-state index contributed by atoms with van der Waals surface area (Å²) in [6, 6.07) is 5.21. The molecule has 4 unspecified atom stereocenters. The van der Waals surface area contributed by atoms with Crippen LogP contribution < -0.4 is 4.74 Å². The van der Waals surface area contributed by atoms with Crippen molar-refractivity contribution < 1.29 is 24.1 Å². The Balaban J connectivity index is 1.75. The molecule has 4 atom stereocenters. The first-order valence-electron chi connectivity index (χ1n) is 6.91. The van der Waals surface area contributed by atoms with Gasteiger partial charge in [0.25, 0.3) is 0 Å². The van der Waals surface area contributed by atoms with Gasteiger partial charge in [-0.05, 0) is 12.1 Å². The van der Waals surface area contributed by atoms with Crippen LogP contribution >= 0.6 is 0 Å². The lowest BCUT2D eigenvalue weighted by Crippen LogP contribution is -2.51. The van der Waals surface area contributed by atoms with E-state index in [4.69, 9.17) is 14.2 Å². The summed E-state index contributed by atoms with van der Waals surface area (Å²) in [6.07, 6.45) is 0.565. The molecule has 0 aliphatic carbocycles. The minimum absolute atomic E-state index is 0.115. The van der Waals surface area contributed by atoms with Crippen molar-refractivity contribution in [2.45, 2.75) is 37.6 Å². The summed E-state index contributed by atoms with van der Waals surface area (Å²) < 4.78 is 17.4. The van der Waals surface area contributed by atoms with Gasteiger partial charge in [-0.25, -0.2) is 0 Å². The average Bonchev–Trinajstić information content (AvgIpc) is 2.91. The predicted octanol–water partition coefficient (Wildman–Crippen LogP) is 1.94. The highest BCUT2D eigenvalue weighted by Crippen LogP contribution is 2.53. The van der Waals surface area contributed by atoms with E-state index in [0.29, 0.717) is 30.8 Å². The van der Waals surface area contributed by atoms with Crippen molar-refractivity contribution in [2.75, 3.05) is 6.61 Å². The Bertz CT molecular complexity index is 584. The molecule has 1 N–H and O–H groups in total. The van der Waals surface area contributed by atoms with Crippen LogP contribution in [0.15, 0.2) is 18.2 Å². The quantitative estimate of drug-likeness (QED) is 0.794. The van der Waals surface area contributed by atoms with E-state index in [-0.39, 0.29) is 29.8 Å². The molecule has 4 rings (SSSR count). The molecule has 2 fully saturated rings. The first-order valence-corrected chi connectivity index (χ1v) is 6.91. The fraction of sp³-hybridized carbons (Fsp3) is 0.533. The molecule has 5 heteroatoms. The molecule has 0 amide bonds. The monoisotopic (exact) mass is 276 g/mol. The van der Waals surface area contributed by atoms with Crippen LogP contribution in [0.4, 0.5) is 0 Å². The number of carbonyl (C=O) groups is 1. The van der Waals surface area contributed by atoms with Crippen LogP contribution in [-0.2, 0) is 14.3 Å². The van der Waals surface area contributed by atoms with E-state index in [9.17, 15) is 9.90 Å². The van der Waals surface area contributed by atoms with Crippen molar-refractivity contribution >= 4 is 5.97 Å². The highest BCUT2D eigenvalue weighted by atomic mass is 16.6. The van der Waals surface area contributed by atoms with Gasteiger partial charge in [0.15, 0.2) is 5.60 Å². The van der Waals surface area contributed by atoms with Gasteiger partial charge in [0, 0.05) is 12.3 Å². The Morgan fingerprint density at radius 2 is 2.25 bits per heavy atom. The van der Waals surface area contributed by atoms with E-state index < -0.39 is 5.60 Å². The van der Waals surface area contributed by atoms with Gasteiger partial charge in [-0.2, -0.15) is 0 Å². The summed E-state index contributed by atoms with van der Waals surface area (Å²) in [5.41, 5.74) is 0.0921. The third-order valence-corrected chi connectivity index (χ3v) is 4.52. The highest BCUT2D eigenvalue weighted by Gasteiger charge is 2.58. The number of cyclic esters (lactones) is 1. The van der Waals surface area contributed by atoms with Gasteiger partial charge in [0.05, 0.1) is 24.7 Å². The Hall–Kier alpha value is -1.75. The number of benzene rings is 1. The first-order chi connectivity index (χ1) is 9.59. The SMILES string of the molecule is CC1CC(=O)OC1C12COC(C1)c1c(O)cccc1O2. The molecule has 106 valence electrons. The smallest absolute Gasteiger partial charge is 0.306 e. The number of phenolic OH excluding ortho intramolecular Hbond substituents is 1. The van der Waals surface area contributed by atoms with Crippen LogP contribution in [0.25, 0.3) is 0 Å². The largest absolute Gasteiger partial charge is 0.507 e. The molecule has 3 aliphatic rings. The summed E-state index contributed by atoms with van der Waals surface area (Å²) >= 11 is 0. The molecule has 1 aromatic rings. The van der Waals surface area contributed by atoms with Crippen LogP contribution in [0.5, 0.6) is 11.5 Å². The molecule has 2 saturated heterocycles. The van der Waals surface area contributed by atoms with E-state index in [1.54, 1.807) is 12.1 Å². The van der Waals surface area contributed by atoms with Crippen molar-refractivity contribution in [1.29, 1.82) is 0 Å². The number of hydrogen-bond acceptors (Lipinski definition) is 5. The maximum absolute atomic E-state index is 11.5. The molecule has 20 heavy (non-hydrogen) atoms. The molecule has 0 spiro atoms. The Morgan fingerprint density at radius 1 is 1.40 bits per heavy atom. The molecule has 3 aliphatic heterocycles. The van der Waals surface area contributed by atoms with E-state index >= 15 is 0 Å². The van der Waals surface area contributed by atoms with Crippen molar-refractivity contribution in [3.8, 4) is 11.5 Å². The average molecular weight is 276 g/mol. The molecule has 0 saturated carbocycles. The molecule has 0 aromatic heterocycles. The lowest BCUT2D eigenvalue weighted by atomic mass is 9.82. The van der Waals surface area contributed by atoms with Crippen LogP contribution in [-0.4, -0.2) is 29.4 Å². The molecular formula is C15H16O5. The number of rotatable bonds is 1. The van der Waals surface area contributed by atoms with Gasteiger partial charge in [0.2, 0.25) is 0 Å². The number of aromatic hydroxyl groups is 1. The molecule has 1 aromatic carbocycles. The molecule has 5 nitrogen and oxygen atoms in total. The van der Waals surface area contributed by atoms with E-state index in [2.05, 4.69) is 0 Å². The lowest BCUT2D eigenvalue weighted by Gasteiger charge is -2.38. The second-order valence-corrected chi connectivity index (χ2v) is 5.95. The third kappa shape index (κ3) is 1.50. The van der Waals surface area contributed by atoms with E-state index in [0.717, 1.165) is 0 Å². The number of fused-ring (bicyclic) bond motifs is 4. The Labute approximate surface area is 116 Å². The van der Waals surface area contributed by atoms with Crippen LogP contribution in [0.1, 0.15) is 31.4 Å². The predicted molar refractivity (Wildman–Crippen MR) is 68.4 cm³/mol. The second-order valence-electron chi connectivity index (χ2n) is 5.95. The Morgan fingerprint density at radius 3 is 3.00 bits per heavy atom. The minimum Gasteiger partial charge on any atom is -0.507 e. The number of phenols is 1. The number of esters is 1. The van der Waals surface area contributed by atoms with Gasteiger partial charge in [-0.1, -0.05) is 13.0 Å². The highest BCUT2D eigenvalue weighted by molar-refractivity contribution is 5.72. The lowest BCUT2D eigenvalue weighted by molar-refractivity contribution is -0.151. The summed E-state index contributed by atoms with van der Waals surface area (Å²) in [5, 5.41) is 9.97. The first kappa shape index (κ1) is 12.0. The van der Waals surface area contributed by atoms with Gasteiger partial charge >= 0.3 is 5.97 Å². The number of ether oxygens (including phenoxy) is 3. The van der Waals surface area contributed by atoms with Crippen molar-refractivity contribution in [3.05, 3.63) is 23.8 Å². The number of hydrogen-bond donors (Lipinski definition) is 1. The van der Waals surface area contributed by atoms with Crippen molar-refractivity contribution in [2.24, 2.45) is 5.92 Å². The van der Waals surface area contributed by atoms with Crippen molar-refractivity contribution in [1.82, 2.24) is 0 Å². The molecule has 3 heterocycles. The topological polar surface area (TPSA) is 65.0 Å². The summed E-state index contributed by atoms with van der Waals surface area (Å²) in [6.45, 7) is 2.38.